The van der Waals surface area contributed by atoms with Crippen molar-refractivity contribution in [3.63, 3.8) is 0 Å². The van der Waals surface area contributed by atoms with Crippen LogP contribution >= 0.6 is 0 Å². The van der Waals surface area contributed by atoms with Gasteiger partial charge in [-0.15, -0.1) is 0 Å². The number of para-hydroxylation sites is 1. The molecule has 6 nitrogen and oxygen atoms in total. The molecule has 0 fully saturated rings. The summed E-state index contributed by atoms with van der Waals surface area (Å²) in [6.45, 7) is 7.91. The lowest BCUT2D eigenvalue weighted by atomic mass is 10.2. The first-order chi connectivity index (χ1) is 11.2. The first-order valence-corrected chi connectivity index (χ1v) is 7.18. The predicted molar refractivity (Wildman–Crippen MR) is 88.7 cm³/mol. The SMILES string of the molecule is C=CCOc1ccccc1C=NNc1oc(C(C)C)nc1C#N. The number of aromatic nitrogens is 1. The minimum atomic E-state index is 0.0923. The van der Waals surface area contributed by atoms with Crippen molar-refractivity contribution in [1.29, 1.82) is 5.26 Å². The molecule has 1 heterocycles. The van der Waals surface area contributed by atoms with E-state index in [9.17, 15) is 0 Å². The highest BCUT2D eigenvalue weighted by Crippen LogP contribution is 2.22. The highest BCUT2D eigenvalue weighted by Gasteiger charge is 2.14. The number of nitrogens with zero attached hydrogens (tertiary/aromatic N) is 3. The molecule has 0 amide bonds. The maximum atomic E-state index is 9.08. The molecular formula is C17H18N4O2. The van der Waals surface area contributed by atoms with Crippen molar-refractivity contribution in [2.24, 2.45) is 5.10 Å². The Hall–Kier alpha value is -3.07. The van der Waals surface area contributed by atoms with E-state index >= 15 is 0 Å². The van der Waals surface area contributed by atoms with Gasteiger partial charge < -0.3 is 9.15 Å². The molecule has 1 N–H and O–H groups in total. The van der Waals surface area contributed by atoms with Gasteiger partial charge in [0.05, 0.1) is 6.21 Å². The zero-order valence-corrected chi connectivity index (χ0v) is 13.1. The normalized spacial score (nSPS) is 10.7. The Kier molecular flexibility index (Phi) is 5.53. The lowest BCUT2D eigenvalue weighted by Crippen LogP contribution is -1.98. The lowest BCUT2D eigenvalue weighted by Gasteiger charge is -2.06. The van der Waals surface area contributed by atoms with Crippen molar-refractivity contribution >= 4 is 12.1 Å². The predicted octanol–water partition coefficient (Wildman–Crippen LogP) is 3.68. The molecule has 2 rings (SSSR count). The molecular weight excluding hydrogens is 292 g/mol. The Labute approximate surface area is 135 Å². The third kappa shape index (κ3) is 4.20. The molecule has 0 atom stereocenters. The zero-order valence-electron chi connectivity index (χ0n) is 13.1. The summed E-state index contributed by atoms with van der Waals surface area (Å²) in [6, 6.07) is 9.46. The van der Waals surface area contributed by atoms with E-state index in [0.29, 0.717) is 18.2 Å². The molecule has 0 saturated heterocycles. The van der Waals surface area contributed by atoms with Gasteiger partial charge in [0.1, 0.15) is 18.4 Å². The zero-order chi connectivity index (χ0) is 16.7. The van der Waals surface area contributed by atoms with E-state index in [-0.39, 0.29) is 17.5 Å². The van der Waals surface area contributed by atoms with Gasteiger partial charge in [0.15, 0.2) is 0 Å². The summed E-state index contributed by atoms with van der Waals surface area (Å²) in [5, 5.41) is 13.2. The molecule has 0 aliphatic rings. The summed E-state index contributed by atoms with van der Waals surface area (Å²) in [4.78, 5) is 4.11. The van der Waals surface area contributed by atoms with Crippen LogP contribution in [0.3, 0.4) is 0 Å². The number of anilines is 1. The first kappa shape index (κ1) is 16.3. The summed E-state index contributed by atoms with van der Waals surface area (Å²) in [6.07, 6.45) is 3.27. The van der Waals surface area contributed by atoms with Gasteiger partial charge in [-0.3, -0.25) is 0 Å². The largest absolute Gasteiger partial charge is 0.489 e. The molecule has 23 heavy (non-hydrogen) atoms. The first-order valence-electron chi connectivity index (χ1n) is 7.18. The summed E-state index contributed by atoms with van der Waals surface area (Å²) >= 11 is 0. The smallest absolute Gasteiger partial charge is 0.252 e. The lowest BCUT2D eigenvalue weighted by molar-refractivity contribution is 0.363. The second-order valence-electron chi connectivity index (χ2n) is 5.00. The number of nitriles is 1. The molecule has 2 aromatic rings. The van der Waals surface area contributed by atoms with Crippen LogP contribution in [-0.4, -0.2) is 17.8 Å². The molecule has 6 heteroatoms. The number of nitrogens with one attached hydrogen (secondary N) is 1. The molecule has 0 unspecified atom stereocenters. The topological polar surface area (TPSA) is 83.4 Å². The monoisotopic (exact) mass is 310 g/mol. The van der Waals surface area contributed by atoms with E-state index in [1.807, 2.05) is 44.2 Å². The Morgan fingerprint density at radius 3 is 2.96 bits per heavy atom. The fourth-order valence-corrected chi connectivity index (χ4v) is 1.76. The molecule has 0 spiro atoms. The highest BCUT2D eigenvalue weighted by molar-refractivity contribution is 5.83. The number of hydrogen-bond acceptors (Lipinski definition) is 6. The molecule has 0 saturated carbocycles. The van der Waals surface area contributed by atoms with Crippen molar-refractivity contribution in [2.75, 3.05) is 12.0 Å². The second-order valence-corrected chi connectivity index (χ2v) is 5.00. The standard InChI is InChI=1S/C17H18N4O2/c1-4-9-22-15-8-6-5-7-13(15)11-19-21-17-14(10-18)20-16(23-17)12(2)3/h4-8,11-12,21H,1,9H2,2-3H3. The average molecular weight is 310 g/mol. The Morgan fingerprint density at radius 2 is 2.26 bits per heavy atom. The van der Waals surface area contributed by atoms with Crippen LogP contribution in [0.15, 0.2) is 46.4 Å². The number of rotatable bonds is 7. The fourth-order valence-electron chi connectivity index (χ4n) is 1.76. The summed E-state index contributed by atoms with van der Waals surface area (Å²) in [7, 11) is 0. The van der Waals surface area contributed by atoms with Gasteiger partial charge in [-0.25, -0.2) is 10.4 Å². The Bertz CT molecular complexity index is 741. The average Bonchev–Trinajstić information content (AvgIpc) is 2.97. The van der Waals surface area contributed by atoms with Crippen LogP contribution in [0.25, 0.3) is 0 Å². The van der Waals surface area contributed by atoms with Gasteiger partial charge in [-0.2, -0.15) is 10.4 Å². The van der Waals surface area contributed by atoms with Crippen molar-refractivity contribution < 1.29 is 9.15 Å². The summed E-state index contributed by atoms with van der Waals surface area (Å²) in [5.74, 6) is 1.51. The number of benzene rings is 1. The highest BCUT2D eigenvalue weighted by atomic mass is 16.5. The van der Waals surface area contributed by atoms with E-state index in [1.165, 1.54) is 0 Å². The van der Waals surface area contributed by atoms with Crippen molar-refractivity contribution in [3.05, 3.63) is 54.1 Å². The van der Waals surface area contributed by atoms with Gasteiger partial charge in [0.2, 0.25) is 11.6 Å². The van der Waals surface area contributed by atoms with Crippen molar-refractivity contribution in [3.8, 4) is 11.8 Å². The van der Waals surface area contributed by atoms with E-state index in [2.05, 4.69) is 22.1 Å². The molecule has 0 bridgehead atoms. The van der Waals surface area contributed by atoms with E-state index in [1.54, 1.807) is 12.3 Å². The maximum absolute atomic E-state index is 9.08. The molecule has 0 aliphatic carbocycles. The van der Waals surface area contributed by atoms with Crippen LogP contribution in [0.5, 0.6) is 5.75 Å². The van der Waals surface area contributed by atoms with Gasteiger partial charge in [-0.1, -0.05) is 38.6 Å². The molecule has 1 aromatic carbocycles. The van der Waals surface area contributed by atoms with Crippen LogP contribution in [0.1, 0.15) is 36.9 Å². The minimum absolute atomic E-state index is 0.0923. The number of oxazole rings is 1. The molecule has 0 aliphatic heterocycles. The third-order valence-electron chi connectivity index (χ3n) is 2.89. The Morgan fingerprint density at radius 1 is 1.48 bits per heavy atom. The number of ether oxygens (including phenoxy) is 1. The van der Waals surface area contributed by atoms with Crippen LogP contribution in [-0.2, 0) is 0 Å². The summed E-state index contributed by atoms with van der Waals surface area (Å²) < 4.78 is 11.0. The van der Waals surface area contributed by atoms with Gasteiger partial charge in [-0.05, 0) is 12.1 Å². The van der Waals surface area contributed by atoms with Gasteiger partial charge in [0.25, 0.3) is 5.88 Å². The van der Waals surface area contributed by atoms with E-state index in [4.69, 9.17) is 14.4 Å². The molecule has 0 radical (unpaired) electrons. The van der Waals surface area contributed by atoms with Gasteiger partial charge >= 0.3 is 0 Å². The minimum Gasteiger partial charge on any atom is -0.489 e. The van der Waals surface area contributed by atoms with Crippen LogP contribution < -0.4 is 10.2 Å². The van der Waals surface area contributed by atoms with Crippen molar-refractivity contribution in [1.82, 2.24) is 4.98 Å². The fraction of sp³-hybridized carbons (Fsp3) is 0.235. The van der Waals surface area contributed by atoms with Crippen molar-refractivity contribution in [2.45, 2.75) is 19.8 Å². The maximum Gasteiger partial charge on any atom is 0.252 e. The van der Waals surface area contributed by atoms with Crippen LogP contribution in [0, 0.1) is 11.3 Å². The molecule has 1 aromatic heterocycles. The second kappa shape index (κ2) is 7.80. The van der Waals surface area contributed by atoms with E-state index < -0.39 is 0 Å². The third-order valence-corrected chi connectivity index (χ3v) is 2.89. The van der Waals surface area contributed by atoms with Gasteiger partial charge in [0, 0.05) is 11.5 Å². The number of hydrogen-bond donors (Lipinski definition) is 1. The number of hydrazone groups is 1. The summed E-state index contributed by atoms with van der Waals surface area (Å²) in [5.41, 5.74) is 3.69. The van der Waals surface area contributed by atoms with Crippen LogP contribution in [0.4, 0.5) is 5.88 Å². The quantitative estimate of drug-likeness (QED) is 0.479. The van der Waals surface area contributed by atoms with Crippen LogP contribution in [0.2, 0.25) is 0 Å². The molecule has 118 valence electrons. The van der Waals surface area contributed by atoms with E-state index in [0.717, 1.165) is 5.56 Å². The Balaban J connectivity index is 2.13.